The maximum Gasteiger partial charge on any atom is 0.321 e. The minimum absolute atomic E-state index is 0.0832. The average Bonchev–Trinajstić information content (AvgIpc) is 3.63. The van der Waals surface area contributed by atoms with Gasteiger partial charge in [-0.1, -0.05) is 37.5 Å². The Morgan fingerprint density at radius 3 is 2.40 bits per heavy atom. The number of nitrogens with zero attached hydrogens (tertiary/aromatic N) is 4. The molecule has 3 atom stereocenters. The fourth-order valence-electron chi connectivity index (χ4n) is 8.30. The van der Waals surface area contributed by atoms with Crippen LogP contribution in [0.5, 0.6) is 0 Å². The van der Waals surface area contributed by atoms with Crippen LogP contribution in [-0.4, -0.2) is 69.4 Å². The molecule has 1 aliphatic carbocycles. The predicted molar refractivity (Wildman–Crippen MR) is 168 cm³/mol. The summed E-state index contributed by atoms with van der Waals surface area (Å²) in [6.45, 7) is 6.82. The second-order valence-electron chi connectivity index (χ2n) is 13.4. The summed E-state index contributed by atoms with van der Waals surface area (Å²) >= 11 is 0. The number of hydrogen-bond acceptors (Lipinski definition) is 4. The highest BCUT2D eigenvalue weighted by molar-refractivity contribution is 5.74. The molecule has 2 aromatic carbocycles. The van der Waals surface area contributed by atoms with Crippen molar-refractivity contribution in [3.05, 3.63) is 88.5 Å². The Morgan fingerprint density at radius 1 is 0.956 bits per heavy atom. The van der Waals surface area contributed by atoms with Gasteiger partial charge in [-0.2, -0.15) is 5.10 Å². The molecule has 3 heterocycles. The Labute approximate surface area is 264 Å². The zero-order valence-electron chi connectivity index (χ0n) is 26.2. The first kappa shape index (κ1) is 31.8. The minimum Gasteiger partial charge on any atom is -0.480 e. The number of carboxylic acid groups (broad SMARTS) is 1. The number of carboxylic acids is 1. The zero-order valence-corrected chi connectivity index (χ0v) is 26.2. The van der Waals surface area contributed by atoms with E-state index in [4.69, 9.17) is 5.10 Å². The smallest absolute Gasteiger partial charge is 0.321 e. The number of aryl methyl sites for hydroxylation is 1. The van der Waals surface area contributed by atoms with Crippen LogP contribution in [-0.2, 0) is 17.8 Å². The summed E-state index contributed by atoms with van der Waals surface area (Å²) in [4.78, 5) is 17.3. The van der Waals surface area contributed by atoms with E-state index in [9.17, 15) is 23.1 Å². The molecular weight excluding hydrogens is 577 g/mol. The van der Waals surface area contributed by atoms with Gasteiger partial charge < -0.3 is 10.0 Å². The molecule has 3 aromatic rings. The van der Waals surface area contributed by atoms with E-state index in [0.29, 0.717) is 31.0 Å². The highest BCUT2D eigenvalue weighted by Crippen LogP contribution is 2.39. The molecule has 1 saturated carbocycles. The lowest BCUT2D eigenvalue weighted by molar-refractivity contribution is -0.145. The number of aliphatic carboxylic acids is 1. The third kappa shape index (κ3) is 7.30. The zero-order chi connectivity index (χ0) is 31.5. The van der Waals surface area contributed by atoms with Gasteiger partial charge in [0.15, 0.2) is 0 Å². The Kier molecular flexibility index (Phi) is 9.95. The Morgan fingerprint density at radius 2 is 1.71 bits per heavy atom. The molecule has 45 heavy (non-hydrogen) atoms. The first-order chi connectivity index (χ1) is 21.8. The van der Waals surface area contributed by atoms with E-state index in [2.05, 4.69) is 22.8 Å². The van der Waals surface area contributed by atoms with Crippen LogP contribution in [0, 0.1) is 29.3 Å². The molecule has 0 unspecified atom stereocenters. The van der Waals surface area contributed by atoms with Gasteiger partial charge in [0.25, 0.3) is 0 Å². The van der Waals surface area contributed by atoms with Crippen molar-refractivity contribution in [1.82, 2.24) is 19.6 Å². The van der Waals surface area contributed by atoms with Crippen molar-refractivity contribution in [2.75, 3.05) is 32.7 Å². The van der Waals surface area contributed by atoms with Gasteiger partial charge in [0.05, 0.1) is 5.69 Å². The molecule has 0 radical (unpaired) electrons. The van der Waals surface area contributed by atoms with E-state index >= 15 is 0 Å². The fourth-order valence-corrected chi connectivity index (χ4v) is 8.30. The molecule has 3 fully saturated rings. The van der Waals surface area contributed by atoms with Crippen molar-refractivity contribution in [2.45, 2.75) is 82.7 Å². The highest BCUT2D eigenvalue weighted by Gasteiger charge is 2.43. The topological polar surface area (TPSA) is 61.6 Å². The first-order valence-electron chi connectivity index (χ1n) is 16.7. The van der Waals surface area contributed by atoms with Crippen LogP contribution in [0.25, 0.3) is 0 Å². The summed E-state index contributed by atoms with van der Waals surface area (Å²) in [7, 11) is 0. The monoisotopic (exact) mass is 622 g/mol. The molecule has 1 N–H and O–H groups in total. The summed E-state index contributed by atoms with van der Waals surface area (Å²) in [5, 5.41) is 15.1. The second kappa shape index (κ2) is 14.1. The van der Waals surface area contributed by atoms with Crippen LogP contribution < -0.4 is 0 Å². The molecule has 2 aliphatic heterocycles. The Balaban J connectivity index is 1.13. The van der Waals surface area contributed by atoms with Gasteiger partial charge >= 0.3 is 5.97 Å². The van der Waals surface area contributed by atoms with Gasteiger partial charge in [-0.3, -0.25) is 14.4 Å². The number of aromatic nitrogens is 2. The first-order valence-corrected chi connectivity index (χ1v) is 16.7. The Hall–Kier alpha value is -3.17. The van der Waals surface area contributed by atoms with E-state index in [1.54, 1.807) is 12.1 Å². The number of benzene rings is 2. The molecule has 1 aromatic heterocycles. The number of hydrogen-bond donors (Lipinski definition) is 1. The van der Waals surface area contributed by atoms with Crippen molar-refractivity contribution in [3.8, 4) is 0 Å². The third-order valence-electron chi connectivity index (χ3n) is 10.5. The van der Waals surface area contributed by atoms with E-state index in [-0.39, 0.29) is 23.6 Å². The number of halogens is 3. The predicted octanol–water partition coefficient (Wildman–Crippen LogP) is 6.84. The molecule has 242 valence electrons. The Bertz CT molecular complexity index is 1460. The van der Waals surface area contributed by atoms with E-state index < -0.39 is 23.6 Å². The number of rotatable bonds is 10. The molecule has 3 aliphatic rings. The molecule has 6 rings (SSSR count). The fraction of sp³-hybridized carbons (Fsp3) is 0.556. The maximum atomic E-state index is 14.3. The van der Waals surface area contributed by atoms with Crippen molar-refractivity contribution in [3.63, 3.8) is 0 Å². The number of carbonyl (C=O) groups is 1. The summed E-state index contributed by atoms with van der Waals surface area (Å²) < 4.78 is 44.1. The molecule has 0 spiro atoms. The average molecular weight is 623 g/mol. The normalized spacial score (nSPS) is 23.0. The quantitative estimate of drug-likeness (QED) is 0.268. The maximum absolute atomic E-state index is 14.3. The molecule has 9 heteroatoms. The van der Waals surface area contributed by atoms with Gasteiger partial charge in [0.2, 0.25) is 0 Å². The molecule has 0 bridgehead atoms. The lowest BCUT2D eigenvalue weighted by atomic mass is 9.83. The summed E-state index contributed by atoms with van der Waals surface area (Å²) in [5.74, 6) is -1.30. The second-order valence-corrected chi connectivity index (χ2v) is 13.4. The third-order valence-corrected chi connectivity index (χ3v) is 10.5. The summed E-state index contributed by atoms with van der Waals surface area (Å²) in [6, 6.07) is 12.2. The van der Waals surface area contributed by atoms with Crippen molar-refractivity contribution < 1.29 is 23.1 Å². The number of likely N-dealkylation sites (tertiary alicyclic amines) is 2. The molecule has 0 amide bonds. The highest BCUT2D eigenvalue weighted by atomic mass is 19.1. The molecule has 6 nitrogen and oxygen atoms in total. The van der Waals surface area contributed by atoms with Gasteiger partial charge in [-0.15, -0.1) is 0 Å². The van der Waals surface area contributed by atoms with Crippen LogP contribution in [0.1, 0.15) is 86.2 Å². The summed E-state index contributed by atoms with van der Waals surface area (Å²) in [5.41, 5.74) is 3.35. The van der Waals surface area contributed by atoms with Crippen LogP contribution >= 0.6 is 0 Å². The summed E-state index contributed by atoms with van der Waals surface area (Å²) in [6.07, 6.45) is 7.55. The van der Waals surface area contributed by atoms with Gasteiger partial charge in [0, 0.05) is 56.2 Å². The molecular formula is C36H45F3N4O2. The van der Waals surface area contributed by atoms with Crippen molar-refractivity contribution in [2.24, 2.45) is 11.8 Å². The molecule has 2 saturated heterocycles. The van der Waals surface area contributed by atoms with Crippen molar-refractivity contribution in [1.29, 1.82) is 0 Å². The van der Waals surface area contributed by atoms with Crippen LogP contribution in [0.3, 0.4) is 0 Å². The van der Waals surface area contributed by atoms with Gasteiger partial charge in [-0.05, 0) is 92.9 Å². The lowest BCUT2D eigenvalue weighted by Crippen LogP contribution is -2.46. The lowest BCUT2D eigenvalue weighted by Gasteiger charge is -2.35. The largest absolute Gasteiger partial charge is 0.480 e. The van der Waals surface area contributed by atoms with Crippen molar-refractivity contribution >= 4 is 5.97 Å². The van der Waals surface area contributed by atoms with Gasteiger partial charge in [0.1, 0.15) is 23.5 Å². The minimum atomic E-state index is -0.726. The number of piperidine rings is 1. The van der Waals surface area contributed by atoms with Gasteiger partial charge in [-0.25, -0.2) is 13.2 Å². The van der Waals surface area contributed by atoms with Crippen LogP contribution in [0.2, 0.25) is 0 Å². The van der Waals surface area contributed by atoms with Crippen LogP contribution in [0.4, 0.5) is 13.2 Å². The van der Waals surface area contributed by atoms with E-state index in [1.165, 1.54) is 24.6 Å². The van der Waals surface area contributed by atoms with Crippen LogP contribution in [0.15, 0.2) is 48.5 Å². The van der Waals surface area contributed by atoms with E-state index in [1.807, 2.05) is 10.7 Å². The standard InChI is InChI=1S/C36H45F3N4O2/c1-2-43-34(20-31(40-43)18-27-11-12-30(38)19-33(27)39)24-13-15-41(16-14-24)21-28-22-42(23-32(28)26-9-6-10-29(37)17-26)35(36(44)45)25-7-4-3-5-8-25/h6,9-12,17,19-20,24-25,28,32,35H,2-5,7-8,13-16,18,21-23H2,1H3,(H,44,45)/t28-,32+,35+/m0/s1. The SMILES string of the molecule is CCn1nc(Cc2ccc(F)cc2F)cc1C1CCN(C[C@H]2CN([C@@H](C(=O)O)C3CCCCC3)C[C@@H]2c2cccc(F)c2)CC1. The van der Waals surface area contributed by atoms with E-state index in [0.717, 1.165) is 87.7 Å².